The number of ether oxygens (including phenoxy) is 1. The maximum atomic E-state index is 10.9. The van der Waals surface area contributed by atoms with E-state index in [9.17, 15) is 4.79 Å². The summed E-state index contributed by atoms with van der Waals surface area (Å²) in [7, 11) is 0. The lowest BCUT2D eigenvalue weighted by Gasteiger charge is -2.05. The highest BCUT2D eigenvalue weighted by Crippen LogP contribution is 2.21. The Morgan fingerprint density at radius 2 is 2.18 bits per heavy atom. The molecule has 17 heavy (non-hydrogen) atoms. The molecule has 0 bridgehead atoms. The lowest BCUT2D eigenvalue weighted by atomic mass is 10.1. The van der Waals surface area contributed by atoms with Crippen molar-refractivity contribution in [3.8, 4) is 0 Å². The molecule has 0 unspecified atom stereocenters. The van der Waals surface area contributed by atoms with Gasteiger partial charge in [0.15, 0.2) is 0 Å². The number of aromatic carboxylic acids is 1. The molecule has 0 aliphatic rings. The van der Waals surface area contributed by atoms with Crippen LogP contribution in [0.5, 0.6) is 0 Å². The highest BCUT2D eigenvalue weighted by Gasteiger charge is 2.07. The number of carbonyl (C=O) groups is 1. The summed E-state index contributed by atoms with van der Waals surface area (Å²) in [6, 6.07) is 5.38. The van der Waals surface area contributed by atoms with Crippen LogP contribution in [0.3, 0.4) is 0 Å². The molecule has 5 heteroatoms. The van der Waals surface area contributed by atoms with E-state index in [1.165, 1.54) is 0 Å². The van der Waals surface area contributed by atoms with Gasteiger partial charge >= 0.3 is 5.97 Å². The summed E-state index contributed by atoms with van der Waals surface area (Å²) in [5.41, 5.74) is 1.10. The smallest absolute Gasteiger partial charge is 0.335 e. The molecule has 1 aromatic rings. The molecule has 94 valence electrons. The van der Waals surface area contributed by atoms with Crippen molar-refractivity contribution < 1.29 is 19.7 Å². The number of hydrogen-bond donors (Lipinski definition) is 2. The highest BCUT2D eigenvalue weighted by molar-refractivity contribution is 7.99. The lowest BCUT2D eigenvalue weighted by Crippen LogP contribution is -2.03. The zero-order valence-corrected chi connectivity index (χ0v) is 10.5. The van der Waals surface area contributed by atoms with Gasteiger partial charge in [0.05, 0.1) is 25.4 Å². The predicted octanol–water partition coefficient (Wildman–Crippen LogP) is 1.79. The van der Waals surface area contributed by atoms with Crippen molar-refractivity contribution >= 4 is 17.7 Å². The van der Waals surface area contributed by atoms with Crippen LogP contribution in [0, 0.1) is 6.92 Å². The minimum absolute atomic E-state index is 0.0262. The number of carboxylic acid groups (broad SMARTS) is 1. The van der Waals surface area contributed by atoms with Gasteiger partial charge in [-0.3, -0.25) is 0 Å². The molecule has 2 N–H and O–H groups in total. The van der Waals surface area contributed by atoms with Gasteiger partial charge in [0, 0.05) is 10.6 Å². The second kappa shape index (κ2) is 7.32. The molecular formula is C12H16O4S. The maximum absolute atomic E-state index is 10.9. The average Bonchev–Trinajstić information content (AvgIpc) is 2.30. The van der Waals surface area contributed by atoms with Gasteiger partial charge in [-0.05, 0) is 24.6 Å². The summed E-state index contributed by atoms with van der Waals surface area (Å²) in [6.45, 7) is 2.69. The highest BCUT2D eigenvalue weighted by atomic mass is 32.2. The Kier molecular flexibility index (Phi) is 6.04. The van der Waals surface area contributed by atoms with Crippen molar-refractivity contribution in [2.75, 3.05) is 25.6 Å². The van der Waals surface area contributed by atoms with Crippen LogP contribution in [0.15, 0.2) is 23.1 Å². The Hall–Kier alpha value is -1.04. The van der Waals surface area contributed by atoms with Gasteiger partial charge < -0.3 is 14.9 Å². The quantitative estimate of drug-likeness (QED) is 0.575. The first-order chi connectivity index (χ1) is 8.15. The first kappa shape index (κ1) is 14.0. The molecular weight excluding hydrogens is 240 g/mol. The van der Waals surface area contributed by atoms with Gasteiger partial charge in [0.1, 0.15) is 0 Å². The molecule has 1 rings (SSSR count). The number of rotatable bonds is 7. The largest absolute Gasteiger partial charge is 0.478 e. The topological polar surface area (TPSA) is 66.8 Å². The van der Waals surface area contributed by atoms with Gasteiger partial charge in [-0.25, -0.2) is 4.79 Å². The van der Waals surface area contributed by atoms with Gasteiger partial charge in [0.25, 0.3) is 0 Å². The summed E-state index contributed by atoms with van der Waals surface area (Å²) < 4.78 is 5.12. The monoisotopic (exact) mass is 256 g/mol. The molecule has 1 aromatic carbocycles. The van der Waals surface area contributed by atoms with E-state index >= 15 is 0 Å². The molecule has 0 saturated carbocycles. The Morgan fingerprint density at radius 1 is 1.41 bits per heavy atom. The molecule has 0 radical (unpaired) electrons. The molecule has 0 amide bonds. The first-order valence-electron chi connectivity index (χ1n) is 5.30. The van der Waals surface area contributed by atoms with E-state index in [0.717, 1.165) is 16.2 Å². The molecule has 0 saturated heterocycles. The molecule has 0 fully saturated rings. The summed E-state index contributed by atoms with van der Waals surface area (Å²) in [5, 5.41) is 17.5. The fraction of sp³-hybridized carbons (Fsp3) is 0.417. The van der Waals surface area contributed by atoms with Crippen molar-refractivity contribution in [3.05, 3.63) is 29.3 Å². The van der Waals surface area contributed by atoms with E-state index in [0.29, 0.717) is 18.8 Å². The second-order valence-corrected chi connectivity index (χ2v) is 4.63. The Morgan fingerprint density at radius 3 is 2.82 bits per heavy atom. The Balaban J connectivity index is 2.49. The number of aliphatic hydroxyl groups excluding tert-OH is 1. The van der Waals surface area contributed by atoms with E-state index < -0.39 is 5.97 Å². The number of thioether (sulfide) groups is 1. The van der Waals surface area contributed by atoms with E-state index in [-0.39, 0.29) is 6.61 Å². The van der Waals surface area contributed by atoms with Gasteiger partial charge in [0.2, 0.25) is 0 Å². The third-order valence-electron chi connectivity index (χ3n) is 2.17. The van der Waals surface area contributed by atoms with Crippen LogP contribution in [-0.4, -0.2) is 41.8 Å². The number of benzene rings is 1. The van der Waals surface area contributed by atoms with Crippen LogP contribution in [0.2, 0.25) is 0 Å². The Labute approximate surface area is 105 Å². The van der Waals surface area contributed by atoms with Crippen LogP contribution >= 0.6 is 11.8 Å². The maximum Gasteiger partial charge on any atom is 0.335 e. The summed E-state index contributed by atoms with van der Waals surface area (Å²) in [6.07, 6.45) is 0. The van der Waals surface area contributed by atoms with Crippen LogP contribution in [0.1, 0.15) is 15.9 Å². The molecule has 0 aliphatic heterocycles. The van der Waals surface area contributed by atoms with E-state index in [1.54, 1.807) is 30.8 Å². The van der Waals surface area contributed by atoms with Crippen molar-refractivity contribution in [1.29, 1.82) is 0 Å². The van der Waals surface area contributed by atoms with Crippen molar-refractivity contribution in [1.82, 2.24) is 0 Å². The number of hydrogen-bond acceptors (Lipinski definition) is 4. The molecule has 0 aromatic heterocycles. The fourth-order valence-corrected chi connectivity index (χ4v) is 2.11. The number of aryl methyl sites for hydroxylation is 1. The average molecular weight is 256 g/mol. The molecule has 4 nitrogen and oxygen atoms in total. The van der Waals surface area contributed by atoms with Crippen LogP contribution in [-0.2, 0) is 4.74 Å². The molecule has 0 heterocycles. The van der Waals surface area contributed by atoms with Crippen LogP contribution < -0.4 is 0 Å². The minimum Gasteiger partial charge on any atom is -0.478 e. The lowest BCUT2D eigenvalue weighted by molar-refractivity contribution is 0.0696. The van der Waals surface area contributed by atoms with Crippen molar-refractivity contribution in [2.24, 2.45) is 0 Å². The summed E-state index contributed by atoms with van der Waals surface area (Å²) >= 11 is 1.54. The number of aliphatic hydroxyl groups is 1. The first-order valence-corrected chi connectivity index (χ1v) is 6.29. The third-order valence-corrected chi connectivity index (χ3v) is 3.13. The van der Waals surface area contributed by atoms with E-state index in [1.807, 2.05) is 6.07 Å². The van der Waals surface area contributed by atoms with Crippen LogP contribution in [0.25, 0.3) is 0 Å². The standard InChI is InChI=1S/C12H16O4S/c1-9-2-3-10(8-11(9)12(14)15)17-7-6-16-5-4-13/h2-3,8,13H,4-7H2,1H3,(H,14,15). The van der Waals surface area contributed by atoms with Gasteiger partial charge in [-0.2, -0.15) is 0 Å². The van der Waals surface area contributed by atoms with Gasteiger partial charge in [-0.1, -0.05) is 6.07 Å². The molecule has 0 atom stereocenters. The normalized spacial score (nSPS) is 10.5. The zero-order valence-electron chi connectivity index (χ0n) is 9.68. The predicted molar refractivity (Wildman–Crippen MR) is 66.8 cm³/mol. The van der Waals surface area contributed by atoms with E-state index in [4.69, 9.17) is 14.9 Å². The van der Waals surface area contributed by atoms with Gasteiger partial charge in [-0.15, -0.1) is 11.8 Å². The van der Waals surface area contributed by atoms with E-state index in [2.05, 4.69) is 0 Å². The zero-order chi connectivity index (χ0) is 12.7. The molecule has 0 spiro atoms. The minimum atomic E-state index is -0.901. The van der Waals surface area contributed by atoms with Crippen LogP contribution in [0.4, 0.5) is 0 Å². The van der Waals surface area contributed by atoms with Crippen molar-refractivity contribution in [3.63, 3.8) is 0 Å². The summed E-state index contributed by atoms with van der Waals surface area (Å²) in [4.78, 5) is 11.8. The Bertz CT molecular complexity index is 379. The molecule has 0 aliphatic carbocycles. The SMILES string of the molecule is Cc1ccc(SCCOCCO)cc1C(=O)O. The third kappa shape index (κ3) is 4.77. The summed E-state index contributed by atoms with van der Waals surface area (Å²) in [5.74, 6) is -0.163. The second-order valence-electron chi connectivity index (χ2n) is 3.47. The van der Waals surface area contributed by atoms with Crippen molar-refractivity contribution in [2.45, 2.75) is 11.8 Å². The number of carboxylic acids is 1. The fourth-order valence-electron chi connectivity index (χ4n) is 1.31.